The molecule has 4 nitrogen and oxygen atoms in total. The van der Waals surface area contributed by atoms with Crippen LogP contribution in [0.1, 0.15) is 31.4 Å². The predicted molar refractivity (Wildman–Crippen MR) is 98.7 cm³/mol. The van der Waals surface area contributed by atoms with Crippen LogP contribution in [0, 0.1) is 12.8 Å². The van der Waals surface area contributed by atoms with E-state index in [1.54, 1.807) is 7.11 Å². The number of hydrogen-bond donors (Lipinski definition) is 2. The standard InChI is InChI=1S/C16H25N3O.HI/c1-5-17-16(19-14-9-12(14)3)18-10-13-7-6-11(2)8-15(13)20-4;/h6-8,12,14H,5,9-10H2,1-4H3,(H2,17,18,19);1H. The van der Waals surface area contributed by atoms with E-state index < -0.39 is 0 Å². The van der Waals surface area contributed by atoms with Crippen LogP contribution in [0.2, 0.25) is 0 Å². The van der Waals surface area contributed by atoms with Gasteiger partial charge in [-0.3, -0.25) is 0 Å². The molecule has 0 radical (unpaired) electrons. The lowest BCUT2D eigenvalue weighted by Crippen LogP contribution is -2.39. The van der Waals surface area contributed by atoms with Gasteiger partial charge in [-0.15, -0.1) is 24.0 Å². The topological polar surface area (TPSA) is 45.7 Å². The molecule has 118 valence electrons. The van der Waals surface area contributed by atoms with Crippen LogP contribution in [0.15, 0.2) is 23.2 Å². The number of methoxy groups -OCH3 is 1. The maximum atomic E-state index is 5.42. The molecule has 1 aromatic carbocycles. The monoisotopic (exact) mass is 403 g/mol. The number of ether oxygens (including phenoxy) is 1. The summed E-state index contributed by atoms with van der Waals surface area (Å²) in [5, 5.41) is 6.75. The van der Waals surface area contributed by atoms with Crippen molar-refractivity contribution in [2.45, 2.75) is 39.8 Å². The Labute approximate surface area is 144 Å². The van der Waals surface area contributed by atoms with Crippen molar-refractivity contribution < 1.29 is 4.74 Å². The second kappa shape index (κ2) is 8.46. The normalized spacial score (nSPS) is 20.5. The molecule has 0 saturated heterocycles. The number of guanidine groups is 1. The van der Waals surface area contributed by atoms with E-state index in [9.17, 15) is 0 Å². The van der Waals surface area contributed by atoms with Gasteiger partial charge in [-0.1, -0.05) is 19.1 Å². The molecule has 0 aliphatic heterocycles. The highest BCUT2D eigenvalue weighted by atomic mass is 127. The second-order valence-corrected chi connectivity index (χ2v) is 5.47. The molecule has 0 amide bonds. The lowest BCUT2D eigenvalue weighted by Gasteiger charge is -2.12. The van der Waals surface area contributed by atoms with Crippen LogP contribution in [-0.4, -0.2) is 25.7 Å². The van der Waals surface area contributed by atoms with Crippen molar-refractivity contribution in [3.8, 4) is 5.75 Å². The Bertz CT molecular complexity index is 490. The molecule has 2 rings (SSSR count). The average molecular weight is 403 g/mol. The van der Waals surface area contributed by atoms with Crippen molar-refractivity contribution >= 4 is 29.9 Å². The smallest absolute Gasteiger partial charge is 0.191 e. The molecule has 2 N–H and O–H groups in total. The summed E-state index contributed by atoms with van der Waals surface area (Å²) in [5.74, 6) is 2.56. The van der Waals surface area contributed by atoms with Crippen molar-refractivity contribution in [3.05, 3.63) is 29.3 Å². The Morgan fingerprint density at radius 3 is 2.71 bits per heavy atom. The van der Waals surface area contributed by atoms with Crippen LogP contribution in [0.4, 0.5) is 0 Å². The van der Waals surface area contributed by atoms with E-state index >= 15 is 0 Å². The first-order valence-electron chi connectivity index (χ1n) is 7.32. The van der Waals surface area contributed by atoms with E-state index in [0.717, 1.165) is 29.7 Å². The van der Waals surface area contributed by atoms with E-state index in [-0.39, 0.29) is 24.0 Å². The molecule has 1 saturated carbocycles. The summed E-state index contributed by atoms with van der Waals surface area (Å²) in [7, 11) is 1.71. The van der Waals surface area contributed by atoms with Gasteiger partial charge in [-0.05, 0) is 37.8 Å². The van der Waals surface area contributed by atoms with Gasteiger partial charge in [0.2, 0.25) is 0 Å². The molecule has 1 aliphatic carbocycles. The largest absolute Gasteiger partial charge is 0.496 e. The van der Waals surface area contributed by atoms with Gasteiger partial charge in [0.15, 0.2) is 5.96 Å². The molecule has 21 heavy (non-hydrogen) atoms. The van der Waals surface area contributed by atoms with Gasteiger partial charge in [-0.2, -0.15) is 0 Å². The summed E-state index contributed by atoms with van der Waals surface area (Å²) < 4.78 is 5.42. The van der Waals surface area contributed by atoms with Crippen molar-refractivity contribution in [3.63, 3.8) is 0 Å². The third kappa shape index (κ3) is 5.37. The molecule has 0 spiro atoms. The summed E-state index contributed by atoms with van der Waals surface area (Å²) in [6.45, 7) is 7.90. The zero-order chi connectivity index (χ0) is 14.5. The molecular weight excluding hydrogens is 377 g/mol. The zero-order valence-electron chi connectivity index (χ0n) is 13.3. The maximum absolute atomic E-state index is 5.42. The number of benzene rings is 1. The van der Waals surface area contributed by atoms with Gasteiger partial charge in [-0.25, -0.2) is 4.99 Å². The van der Waals surface area contributed by atoms with Gasteiger partial charge in [0, 0.05) is 18.2 Å². The summed E-state index contributed by atoms with van der Waals surface area (Å²) in [6.07, 6.45) is 1.23. The van der Waals surface area contributed by atoms with E-state index in [1.165, 1.54) is 12.0 Å². The number of nitrogens with one attached hydrogen (secondary N) is 2. The summed E-state index contributed by atoms with van der Waals surface area (Å²) >= 11 is 0. The van der Waals surface area contributed by atoms with Gasteiger partial charge in [0.25, 0.3) is 0 Å². The van der Waals surface area contributed by atoms with Crippen molar-refractivity contribution in [2.24, 2.45) is 10.9 Å². The molecule has 2 atom stereocenters. The van der Waals surface area contributed by atoms with Crippen LogP contribution in [0.5, 0.6) is 5.75 Å². The lowest BCUT2D eigenvalue weighted by atomic mass is 10.1. The highest BCUT2D eigenvalue weighted by Gasteiger charge is 2.33. The predicted octanol–water partition coefficient (Wildman–Crippen LogP) is 3.09. The quantitative estimate of drug-likeness (QED) is 0.451. The Balaban J connectivity index is 0.00000220. The minimum absolute atomic E-state index is 0. The molecule has 0 aromatic heterocycles. The van der Waals surface area contributed by atoms with Crippen LogP contribution in [-0.2, 0) is 6.54 Å². The van der Waals surface area contributed by atoms with Crippen LogP contribution in [0.3, 0.4) is 0 Å². The zero-order valence-corrected chi connectivity index (χ0v) is 15.6. The van der Waals surface area contributed by atoms with Gasteiger partial charge in [0.1, 0.15) is 5.75 Å². The molecule has 1 aromatic rings. The number of nitrogens with zero attached hydrogens (tertiary/aromatic N) is 1. The maximum Gasteiger partial charge on any atom is 0.191 e. The van der Waals surface area contributed by atoms with Gasteiger partial charge < -0.3 is 15.4 Å². The molecular formula is C16H26IN3O. The SMILES string of the molecule is CCNC(=NCc1ccc(C)cc1OC)NC1CC1C.I. The number of aryl methyl sites for hydroxylation is 1. The lowest BCUT2D eigenvalue weighted by molar-refractivity contribution is 0.409. The Kier molecular flexibility index (Phi) is 7.28. The minimum atomic E-state index is 0. The molecule has 1 aliphatic rings. The van der Waals surface area contributed by atoms with Crippen molar-refractivity contribution in [1.29, 1.82) is 0 Å². The van der Waals surface area contributed by atoms with Crippen molar-refractivity contribution in [1.82, 2.24) is 10.6 Å². The fraction of sp³-hybridized carbons (Fsp3) is 0.562. The minimum Gasteiger partial charge on any atom is -0.496 e. The Morgan fingerprint density at radius 1 is 1.43 bits per heavy atom. The van der Waals surface area contributed by atoms with Crippen LogP contribution >= 0.6 is 24.0 Å². The number of rotatable bonds is 5. The van der Waals surface area contributed by atoms with E-state index in [2.05, 4.69) is 48.5 Å². The fourth-order valence-electron chi connectivity index (χ4n) is 2.17. The highest BCUT2D eigenvalue weighted by Crippen LogP contribution is 2.28. The van der Waals surface area contributed by atoms with Crippen LogP contribution < -0.4 is 15.4 Å². The third-order valence-corrected chi connectivity index (χ3v) is 3.63. The van der Waals surface area contributed by atoms with Gasteiger partial charge >= 0.3 is 0 Å². The van der Waals surface area contributed by atoms with E-state index in [1.807, 2.05) is 6.07 Å². The second-order valence-electron chi connectivity index (χ2n) is 5.47. The molecule has 0 bridgehead atoms. The highest BCUT2D eigenvalue weighted by molar-refractivity contribution is 14.0. The molecule has 5 heteroatoms. The first-order chi connectivity index (χ1) is 9.63. The summed E-state index contributed by atoms with van der Waals surface area (Å²) in [4.78, 5) is 4.65. The number of halogens is 1. The first-order valence-corrected chi connectivity index (χ1v) is 7.32. The average Bonchev–Trinajstić information content (AvgIpc) is 3.12. The van der Waals surface area contributed by atoms with E-state index in [4.69, 9.17) is 4.74 Å². The fourth-order valence-corrected chi connectivity index (χ4v) is 2.17. The van der Waals surface area contributed by atoms with Crippen molar-refractivity contribution in [2.75, 3.05) is 13.7 Å². The summed E-state index contributed by atoms with van der Waals surface area (Å²) in [6, 6.07) is 6.80. The number of aliphatic imine (C=N–C) groups is 1. The molecule has 0 heterocycles. The Hall–Kier alpha value is -0.980. The first kappa shape index (κ1) is 18.1. The Morgan fingerprint density at radius 2 is 2.14 bits per heavy atom. The van der Waals surface area contributed by atoms with E-state index in [0.29, 0.717) is 12.6 Å². The third-order valence-electron chi connectivity index (χ3n) is 3.63. The van der Waals surface area contributed by atoms with Gasteiger partial charge in [0.05, 0.1) is 13.7 Å². The number of hydrogen-bond acceptors (Lipinski definition) is 2. The molecule has 1 fully saturated rings. The molecule has 2 unspecified atom stereocenters. The summed E-state index contributed by atoms with van der Waals surface area (Å²) in [5.41, 5.74) is 2.31. The van der Waals surface area contributed by atoms with Crippen LogP contribution in [0.25, 0.3) is 0 Å².